The summed E-state index contributed by atoms with van der Waals surface area (Å²) in [5, 5.41) is 1.44. The van der Waals surface area contributed by atoms with Gasteiger partial charge >= 0.3 is 0 Å². The number of hydrogen-bond donors (Lipinski definition) is 0. The van der Waals surface area contributed by atoms with E-state index in [1.54, 1.807) is 0 Å². The Hall–Kier alpha value is -0.0200. The van der Waals surface area contributed by atoms with Crippen LogP contribution in [-0.2, 0) is 4.74 Å². The van der Waals surface area contributed by atoms with E-state index in [-0.39, 0.29) is 0 Å². The van der Waals surface area contributed by atoms with Crippen molar-refractivity contribution in [3.8, 4) is 0 Å². The quantitative estimate of drug-likeness (QED) is 0.0467. The molecule has 0 radical (unpaired) electrons. The molecule has 0 heterocycles. The van der Waals surface area contributed by atoms with Gasteiger partial charge in [-0.25, -0.2) is 0 Å². The monoisotopic (exact) mass is 695 g/mol. The zero-order valence-electron chi connectivity index (χ0n) is 32.5. The van der Waals surface area contributed by atoms with Crippen molar-refractivity contribution < 1.29 is 4.74 Å². The molecule has 3 heteroatoms. The van der Waals surface area contributed by atoms with Gasteiger partial charge in [-0.05, 0) is 37.3 Å². The van der Waals surface area contributed by atoms with Crippen molar-refractivity contribution >= 4 is 34.5 Å². The second-order valence-corrected chi connectivity index (χ2v) is 16.0. The summed E-state index contributed by atoms with van der Waals surface area (Å²) in [6.45, 7) is 4.60. The Morgan fingerprint density at radius 1 is 0.255 bits per heavy atom. The minimum atomic E-state index is 0.722. The first-order valence-electron chi connectivity index (χ1n) is 21.9. The molecule has 0 fully saturated rings. The van der Waals surface area contributed by atoms with E-state index in [9.17, 15) is 0 Å². The average Bonchev–Trinajstić information content (AvgIpc) is 3.06. The zero-order chi connectivity index (χ0) is 34.1. The Morgan fingerprint density at radius 3 is 0.574 bits per heavy atom. The summed E-state index contributed by atoms with van der Waals surface area (Å²) < 4.78 is 5.79. The van der Waals surface area contributed by atoms with E-state index in [0.717, 1.165) is 35.8 Å². The molecule has 0 aromatic rings. The van der Waals surface area contributed by atoms with Gasteiger partial charge in [-0.1, -0.05) is 245 Å². The van der Waals surface area contributed by atoms with Crippen molar-refractivity contribution in [3.05, 3.63) is 0 Å². The average molecular weight is 695 g/mol. The molecular weight excluding hydrogens is 609 g/mol. The third kappa shape index (κ3) is 42.1. The Kier molecular flexibility index (Phi) is 42.1. The second-order valence-electron chi connectivity index (χ2n) is 15.1. The van der Waals surface area contributed by atoms with Crippen LogP contribution in [0.25, 0.3) is 0 Å². The van der Waals surface area contributed by atoms with Gasteiger partial charge in [-0.2, -0.15) is 0 Å². The predicted molar refractivity (Wildman–Crippen MR) is 222 cm³/mol. The highest BCUT2D eigenvalue weighted by atomic mass is 32.1. The normalized spacial score (nSPS) is 11.4. The lowest BCUT2D eigenvalue weighted by molar-refractivity contribution is 0.507. The van der Waals surface area contributed by atoms with Crippen LogP contribution in [0.5, 0.6) is 0 Å². The van der Waals surface area contributed by atoms with Gasteiger partial charge < -0.3 is 4.74 Å². The van der Waals surface area contributed by atoms with Crippen molar-refractivity contribution in [1.29, 1.82) is 0 Å². The predicted octanol–water partition coefficient (Wildman–Crippen LogP) is 17.3. The van der Waals surface area contributed by atoms with Gasteiger partial charge in [0.05, 0.1) is 0 Å². The first-order valence-corrected chi connectivity index (χ1v) is 22.8. The number of ether oxygens (including phenoxy) is 1. The molecule has 0 aliphatic heterocycles. The zero-order valence-corrected chi connectivity index (χ0v) is 34.1. The van der Waals surface area contributed by atoms with Crippen molar-refractivity contribution in [2.24, 2.45) is 0 Å². The van der Waals surface area contributed by atoms with E-state index in [4.69, 9.17) is 29.2 Å². The highest BCUT2D eigenvalue weighted by Gasteiger charge is 2.04. The van der Waals surface area contributed by atoms with Gasteiger partial charge in [0.1, 0.15) is 0 Å². The van der Waals surface area contributed by atoms with Crippen molar-refractivity contribution in [2.45, 2.75) is 271 Å². The lowest BCUT2D eigenvalue weighted by Gasteiger charge is -2.08. The summed E-state index contributed by atoms with van der Waals surface area (Å²) in [5.41, 5.74) is 0. The van der Waals surface area contributed by atoms with Crippen LogP contribution in [0.3, 0.4) is 0 Å². The molecule has 0 unspecified atom stereocenters. The van der Waals surface area contributed by atoms with E-state index >= 15 is 0 Å². The smallest absolute Gasteiger partial charge is 0.168 e. The van der Waals surface area contributed by atoms with Crippen LogP contribution in [0.1, 0.15) is 271 Å². The summed E-state index contributed by atoms with van der Waals surface area (Å²) in [7, 11) is 0. The van der Waals surface area contributed by atoms with Crippen LogP contribution in [0, 0.1) is 0 Å². The molecule has 0 aliphatic rings. The lowest BCUT2D eigenvalue weighted by atomic mass is 10.0. The van der Waals surface area contributed by atoms with Crippen LogP contribution >= 0.6 is 24.4 Å². The van der Waals surface area contributed by atoms with E-state index in [2.05, 4.69) is 13.8 Å². The molecule has 0 saturated carbocycles. The van der Waals surface area contributed by atoms with Gasteiger partial charge in [0.2, 0.25) is 0 Å². The summed E-state index contributed by atoms with van der Waals surface area (Å²) in [5.74, 6) is 0. The van der Waals surface area contributed by atoms with Gasteiger partial charge in [-0.15, -0.1) is 0 Å². The Labute approximate surface area is 308 Å². The number of hydrogen-bond acceptors (Lipinski definition) is 3. The van der Waals surface area contributed by atoms with E-state index in [0.29, 0.717) is 0 Å². The van der Waals surface area contributed by atoms with Crippen LogP contribution < -0.4 is 0 Å². The molecule has 47 heavy (non-hydrogen) atoms. The van der Waals surface area contributed by atoms with Crippen LogP contribution in [0.15, 0.2) is 0 Å². The number of thiocarbonyl (C=S) groups is 2. The van der Waals surface area contributed by atoms with Crippen molar-refractivity contribution in [1.82, 2.24) is 0 Å². The molecule has 1 nitrogen and oxygen atoms in total. The molecular formula is C44H86OS2. The van der Waals surface area contributed by atoms with Crippen LogP contribution in [0.4, 0.5) is 0 Å². The first kappa shape index (κ1) is 47.0. The fraction of sp³-hybridized carbons (Fsp3) is 0.955. The minimum absolute atomic E-state index is 0.722. The summed E-state index contributed by atoms with van der Waals surface area (Å²) in [6, 6.07) is 0. The van der Waals surface area contributed by atoms with E-state index in [1.165, 1.54) is 231 Å². The fourth-order valence-corrected chi connectivity index (χ4v) is 7.47. The molecule has 0 aromatic heterocycles. The SMILES string of the molecule is CCCCCCCCCCCCCCCCCCCCCC(=S)OC(=S)CCCCCCCCCCCCCCCCCCCCC. The number of rotatable bonds is 40. The maximum absolute atomic E-state index is 5.79. The number of unbranched alkanes of at least 4 members (excludes halogenated alkanes) is 36. The maximum atomic E-state index is 5.79. The van der Waals surface area contributed by atoms with E-state index < -0.39 is 0 Å². The Bertz CT molecular complexity index is 566. The van der Waals surface area contributed by atoms with Crippen molar-refractivity contribution in [3.63, 3.8) is 0 Å². The fourth-order valence-electron chi connectivity index (χ4n) is 6.92. The minimum Gasteiger partial charge on any atom is -0.443 e. The molecule has 0 saturated heterocycles. The third-order valence-electron chi connectivity index (χ3n) is 10.2. The second kappa shape index (κ2) is 42.1. The highest BCUT2D eigenvalue weighted by molar-refractivity contribution is 7.81. The molecule has 0 rings (SSSR count). The Balaban J connectivity index is 3.25. The molecule has 0 aromatic carbocycles. The molecule has 0 spiro atoms. The maximum Gasteiger partial charge on any atom is 0.168 e. The summed E-state index contributed by atoms with van der Waals surface area (Å²) >= 11 is 10.9. The molecule has 0 atom stereocenters. The summed E-state index contributed by atoms with van der Waals surface area (Å²) in [6.07, 6.45) is 55.4. The van der Waals surface area contributed by atoms with Gasteiger partial charge in [0.25, 0.3) is 0 Å². The lowest BCUT2D eigenvalue weighted by Crippen LogP contribution is -2.08. The molecule has 0 bridgehead atoms. The third-order valence-corrected chi connectivity index (χ3v) is 10.8. The molecule has 0 aliphatic carbocycles. The molecule has 0 N–H and O–H groups in total. The van der Waals surface area contributed by atoms with Gasteiger partial charge in [-0.3, -0.25) is 0 Å². The summed E-state index contributed by atoms with van der Waals surface area (Å²) in [4.78, 5) is 0. The van der Waals surface area contributed by atoms with Gasteiger partial charge in [0, 0.05) is 12.8 Å². The van der Waals surface area contributed by atoms with Crippen LogP contribution in [0.2, 0.25) is 0 Å². The molecule has 0 amide bonds. The highest BCUT2D eigenvalue weighted by Crippen LogP contribution is 2.17. The standard InChI is InChI=1S/C44H86OS2/c1-3-5-7-9-11-13-15-17-19-21-23-25-27-29-31-33-35-37-39-41-43(46)45-44(47)42-40-38-36-34-32-30-28-26-24-22-20-18-16-14-12-10-8-6-4-2/h3-42H2,1-2H3. The molecule has 280 valence electrons. The topological polar surface area (TPSA) is 9.23 Å². The van der Waals surface area contributed by atoms with Crippen molar-refractivity contribution in [2.75, 3.05) is 0 Å². The van der Waals surface area contributed by atoms with Crippen LogP contribution in [-0.4, -0.2) is 10.1 Å². The van der Waals surface area contributed by atoms with E-state index in [1.807, 2.05) is 0 Å². The first-order chi connectivity index (χ1) is 23.2. The largest absolute Gasteiger partial charge is 0.443 e. The van der Waals surface area contributed by atoms with Gasteiger partial charge in [0.15, 0.2) is 10.1 Å². The Morgan fingerprint density at radius 2 is 0.404 bits per heavy atom.